The molecule has 2 aliphatic rings. The number of aromatic nitrogens is 2. The molecule has 0 bridgehead atoms. The third kappa shape index (κ3) is 8.92. The smallest absolute Gasteiger partial charge is 0.407 e. The lowest BCUT2D eigenvalue weighted by Crippen LogP contribution is -2.46. The summed E-state index contributed by atoms with van der Waals surface area (Å²) in [5, 5.41) is 3.23. The van der Waals surface area contributed by atoms with Crippen molar-refractivity contribution in [3.05, 3.63) is 112 Å². The minimum Gasteiger partial charge on any atom is -0.461 e. The minimum atomic E-state index is -1.05. The second-order valence-electron chi connectivity index (χ2n) is 14.8. The molecule has 1 N–H and O–H groups in total. The molecule has 0 spiro atoms. The second kappa shape index (κ2) is 17.8. The standard InChI is InChI=1S/C44H46ClN3O9/c1-4-5-6-11-27-16-18-28(19-17-27)35-20-29-23-48(43(51)47-41(29)57-35)38-21-36(56-39(49)22-45)37(55-38)25-53-42(50)40(26(2)3)46-44(52)54-24-34-32-14-9-7-12-30(32)31-13-8-10-15-33(31)34/h7-10,12-20,23,26,34,36-38,40H,4-6,11,21-22,24-25H2,1-3H3,(H,46,52)/t36?,37?,38?,40-/m0/s1. The molecule has 0 radical (unpaired) electrons. The molecule has 7 rings (SSSR count). The lowest BCUT2D eigenvalue weighted by atomic mass is 9.98. The summed E-state index contributed by atoms with van der Waals surface area (Å²) in [7, 11) is 0. The van der Waals surface area contributed by atoms with E-state index in [1.54, 1.807) is 26.1 Å². The van der Waals surface area contributed by atoms with Crippen LogP contribution in [0.15, 0.2) is 94.3 Å². The van der Waals surface area contributed by atoms with Gasteiger partial charge >= 0.3 is 23.7 Å². The first-order valence-corrected chi connectivity index (χ1v) is 20.0. The van der Waals surface area contributed by atoms with Gasteiger partial charge in [-0.25, -0.2) is 14.4 Å². The van der Waals surface area contributed by atoms with Gasteiger partial charge in [-0.3, -0.25) is 9.36 Å². The van der Waals surface area contributed by atoms with Crippen LogP contribution in [0.2, 0.25) is 0 Å². The van der Waals surface area contributed by atoms with Gasteiger partial charge in [0, 0.05) is 24.1 Å². The van der Waals surface area contributed by atoms with E-state index in [9.17, 15) is 19.2 Å². The molecule has 13 heteroatoms. The predicted molar refractivity (Wildman–Crippen MR) is 214 cm³/mol. The Morgan fingerprint density at radius 1 is 0.947 bits per heavy atom. The highest BCUT2D eigenvalue weighted by Crippen LogP contribution is 2.44. The first-order chi connectivity index (χ1) is 27.6. The van der Waals surface area contributed by atoms with Crippen LogP contribution in [0.25, 0.3) is 33.6 Å². The highest BCUT2D eigenvalue weighted by Gasteiger charge is 2.41. The maximum atomic E-state index is 13.4. The van der Waals surface area contributed by atoms with Crippen molar-refractivity contribution in [3.63, 3.8) is 0 Å². The summed E-state index contributed by atoms with van der Waals surface area (Å²) in [6, 6.07) is 24.9. The number of carbonyl (C=O) groups excluding carboxylic acids is 3. The van der Waals surface area contributed by atoms with Gasteiger partial charge in [-0.1, -0.05) is 106 Å². The number of hydrogen-bond acceptors (Lipinski definition) is 10. The van der Waals surface area contributed by atoms with Crippen LogP contribution in [0.4, 0.5) is 4.79 Å². The molecular formula is C44H46ClN3O9. The summed E-state index contributed by atoms with van der Waals surface area (Å²) in [6.07, 6.45) is 2.61. The van der Waals surface area contributed by atoms with Gasteiger partial charge in [0.1, 0.15) is 49.3 Å². The molecular weight excluding hydrogens is 750 g/mol. The van der Waals surface area contributed by atoms with Crippen molar-refractivity contribution in [2.75, 3.05) is 19.1 Å². The van der Waals surface area contributed by atoms with E-state index in [2.05, 4.69) is 41.5 Å². The number of carbonyl (C=O) groups is 3. The van der Waals surface area contributed by atoms with Crippen molar-refractivity contribution < 1.29 is 37.7 Å². The minimum absolute atomic E-state index is 0.0632. The summed E-state index contributed by atoms with van der Waals surface area (Å²) < 4.78 is 30.3. The van der Waals surface area contributed by atoms with Gasteiger partial charge in [0.15, 0.2) is 0 Å². The van der Waals surface area contributed by atoms with Crippen LogP contribution in [0, 0.1) is 5.92 Å². The van der Waals surface area contributed by atoms with Gasteiger partial charge in [-0.15, -0.1) is 11.6 Å². The molecule has 1 fully saturated rings. The van der Waals surface area contributed by atoms with Crippen LogP contribution in [0.5, 0.6) is 0 Å². The Balaban J connectivity index is 0.995. The van der Waals surface area contributed by atoms with Crippen LogP contribution in [0.3, 0.4) is 0 Å². The number of aryl methyl sites for hydroxylation is 1. The number of amides is 1. The normalized spacial score (nSPS) is 17.9. The molecule has 1 amide bonds. The number of hydrogen-bond donors (Lipinski definition) is 1. The fraction of sp³-hybridized carbons (Fsp3) is 0.386. The molecule has 0 saturated carbocycles. The molecule has 57 heavy (non-hydrogen) atoms. The number of alkyl carbamates (subject to hydrolysis) is 1. The molecule has 3 aromatic carbocycles. The molecule has 3 unspecified atom stereocenters. The van der Waals surface area contributed by atoms with E-state index in [-0.39, 0.29) is 37.2 Å². The summed E-state index contributed by atoms with van der Waals surface area (Å²) in [5.41, 5.74) is 5.98. The quantitative estimate of drug-likeness (QED) is 0.0479. The number of halogens is 1. The zero-order chi connectivity index (χ0) is 40.1. The van der Waals surface area contributed by atoms with Crippen molar-refractivity contribution in [2.24, 2.45) is 5.92 Å². The average Bonchev–Trinajstić information content (AvgIpc) is 3.91. The summed E-state index contributed by atoms with van der Waals surface area (Å²) in [5.74, 6) is -1.78. The fourth-order valence-electron chi connectivity index (χ4n) is 7.55. The van der Waals surface area contributed by atoms with Crippen molar-refractivity contribution >= 4 is 40.7 Å². The molecule has 1 aliphatic carbocycles. The first-order valence-electron chi connectivity index (χ1n) is 19.4. The zero-order valence-electron chi connectivity index (χ0n) is 32.2. The molecule has 5 aromatic rings. The van der Waals surface area contributed by atoms with Crippen molar-refractivity contribution in [1.82, 2.24) is 14.9 Å². The van der Waals surface area contributed by atoms with Gasteiger partial charge < -0.3 is 28.7 Å². The van der Waals surface area contributed by atoms with Crippen LogP contribution in [-0.2, 0) is 35.0 Å². The lowest BCUT2D eigenvalue weighted by Gasteiger charge is -2.23. The van der Waals surface area contributed by atoms with Crippen molar-refractivity contribution in [1.29, 1.82) is 0 Å². The van der Waals surface area contributed by atoms with Crippen molar-refractivity contribution in [2.45, 2.75) is 83.3 Å². The Kier molecular flexibility index (Phi) is 12.4. The number of nitrogens with zero attached hydrogens (tertiary/aromatic N) is 2. The van der Waals surface area contributed by atoms with Crippen LogP contribution in [0.1, 0.15) is 75.3 Å². The monoisotopic (exact) mass is 795 g/mol. The SMILES string of the molecule is CCCCCc1ccc(-c2cc3cn(C4CC(OC(=O)CCl)C(COC(=O)[C@@H](NC(=O)OCC5c6ccccc6-c6ccccc65)C(C)C)O4)c(=O)nc3o2)cc1. The Morgan fingerprint density at radius 3 is 2.32 bits per heavy atom. The molecule has 2 aromatic heterocycles. The lowest BCUT2D eigenvalue weighted by molar-refractivity contribution is -0.158. The van der Waals surface area contributed by atoms with Gasteiger partial charge in [-0.2, -0.15) is 4.98 Å². The molecule has 298 valence electrons. The molecule has 1 aliphatic heterocycles. The maximum Gasteiger partial charge on any atom is 0.407 e. The second-order valence-corrected chi connectivity index (χ2v) is 15.1. The topological polar surface area (TPSA) is 148 Å². The number of fused-ring (bicyclic) bond motifs is 4. The number of nitrogens with one attached hydrogen (secondary N) is 1. The third-order valence-electron chi connectivity index (χ3n) is 10.6. The number of ether oxygens (including phenoxy) is 4. The number of alkyl halides is 1. The largest absolute Gasteiger partial charge is 0.461 e. The number of unbranched alkanes of at least 4 members (excludes halogenated alkanes) is 2. The first kappa shape index (κ1) is 39.8. The Bertz CT molecular complexity index is 2240. The van der Waals surface area contributed by atoms with E-state index in [0.717, 1.165) is 47.1 Å². The fourth-order valence-corrected chi connectivity index (χ4v) is 7.62. The highest BCUT2D eigenvalue weighted by atomic mass is 35.5. The zero-order valence-corrected chi connectivity index (χ0v) is 32.9. The Morgan fingerprint density at radius 2 is 1.65 bits per heavy atom. The van der Waals surface area contributed by atoms with Crippen LogP contribution >= 0.6 is 11.6 Å². The van der Waals surface area contributed by atoms with E-state index in [4.69, 9.17) is 35.0 Å². The summed E-state index contributed by atoms with van der Waals surface area (Å²) in [4.78, 5) is 56.3. The predicted octanol–water partition coefficient (Wildman–Crippen LogP) is 7.93. The summed E-state index contributed by atoms with van der Waals surface area (Å²) >= 11 is 5.75. The van der Waals surface area contributed by atoms with Gasteiger partial charge in [0.25, 0.3) is 0 Å². The number of rotatable bonds is 15. The maximum absolute atomic E-state index is 13.4. The Hall–Kier alpha value is -5.46. The Labute approximate surface area is 335 Å². The average molecular weight is 796 g/mol. The van der Waals surface area contributed by atoms with E-state index in [0.29, 0.717) is 11.1 Å². The van der Waals surface area contributed by atoms with Gasteiger partial charge in [0.05, 0.1) is 5.39 Å². The van der Waals surface area contributed by atoms with Crippen molar-refractivity contribution in [3.8, 4) is 22.5 Å². The molecule has 3 heterocycles. The van der Waals surface area contributed by atoms with E-state index in [1.807, 2.05) is 48.5 Å². The molecule has 12 nitrogen and oxygen atoms in total. The van der Waals surface area contributed by atoms with Crippen LogP contribution in [-0.4, -0.2) is 64.9 Å². The summed E-state index contributed by atoms with van der Waals surface area (Å²) in [6.45, 7) is 5.46. The highest BCUT2D eigenvalue weighted by molar-refractivity contribution is 6.26. The van der Waals surface area contributed by atoms with Gasteiger partial charge in [0.2, 0.25) is 5.71 Å². The van der Waals surface area contributed by atoms with E-state index in [1.165, 1.54) is 16.6 Å². The van der Waals surface area contributed by atoms with Gasteiger partial charge in [-0.05, 0) is 52.6 Å². The van der Waals surface area contributed by atoms with Crippen LogP contribution < -0.4 is 11.0 Å². The van der Waals surface area contributed by atoms with E-state index >= 15 is 0 Å². The number of esters is 2. The molecule has 1 saturated heterocycles. The number of furan rings is 1. The third-order valence-corrected chi connectivity index (χ3v) is 10.8. The van der Waals surface area contributed by atoms with E-state index < -0.39 is 54.1 Å². The molecule has 4 atom stereocenters. The number of benzene rings is 3.